The van der Waals surface area contributed by atoms with Crippen LogP contribution in [0.2, 0.25) is 0 Å². The van der Waals surface area contributed by atoms with Crippen molar-refractivity contribution in [1.29, 1.82) is 0 Å². The predicted molar refractivity (Wildman–Crippen MR) is 118 cm³/mol. The lowest BCUT2D eigenvalue weighted by atomic mass is 10.1. The first-order chi connectivity index (χ1) is 14.1. The fourth-order valence-corrected chi connectivity index (χ4v) is 2.97. The fourth-order valence-electron chi connectivity index (χ4n) is 2.97. The van der Waals surface area contributed by atoms with Crippen molar-refractivity contribution in [3.8, 4) is 0 Å². The molecule has 1 aromatic heterocycles. The Hall–Kier alpha value is -3.41. The van der Waals surface area contributed by atoms with E-state index < -0.39 is 0 Å². The minimum absolute atomic E-state index is 0.277. The van der Waals surface area contributed by atoms with E-state index in [0.717, 1.165) is 30.0 Å². The van der Waals surface area contributed by atoms with Gasteiger partial charge < -0.3 is 15.5 Å². The van der Waals surface area contributed by atoms with Gasteiger partial charge in [0.1, 0.15) is 11.5 Å². The molecule has 0 aliphatic rings. The van der Waals surface area contributed by atoms with Crippen molar-refractivity contribution < 1.29 is 4.79 Å². The maximum atomic E-state index is 12.4. The molecule has 0 fully saturated rings. The van der Waals surface area contributed by atoms with E-state index in [1.165, 1.54) is 11.8 Å². The summed E-state index contributed by atoms with van der Waals surface area (Å²) in [6.07, 6.45) is 3.06. The summed E-state index contributed by atoms with van der Waals surface area (Å²) >= 11 is 0. The molecule has 2 N–H and O–H groups in total. The Kier molecular flexibility index (Phi) is 6.79. The van der Waals surface area contributed by atoms with Crippen LogP contribution in [0.25, 0.3) is 0 Å². The van der Waals surface area contributed by atoms with Gasteiger partial charge in [-0.05, 0) is 50.6 Å². The molecule has 0 saturated carbocycles. The number of nitrogens with zero attached hydrogens (tertiary/aromatic N) is 3. The zero-order valence-electron chi connectivity index (χ0n) is 17.1. The zero-order valence-corrected chi connectivity index (χ0v) is 17.1. The maximum absolute atomic E-state index is 12.4. The summed E-state index contributed by atoms with van der Waals surface area (Å²) in [5.41, 5.74) is 4.53. The third kappa shape index (κ3) is 5.54. The molecule has 0 aliphatic carbocycles. The number of benzene rings is 2. The van der Waals surface area contributed by atoms with Gasteiger partial charge in [0.05, 0.1) is 12.4 Å². The zero-order chi connectivity index (χ0) is 20.6. The van der Waals surface area contributed by atoms with Gasteiger partial charge in [-0.2, -0.15) is 0 Å². The van der Waals surface area contributed by atoms with Gasteiger partial charge in [-0.3, -0.25) is 4.79 Å². The first kappa shape index (κ1) is 20.3. The van der Waals surface area contributed by atoms with Gasteiger partial charge in [-0.1, -0.05) is 29.8 Å². The molecule has 3 aromatic rings. The molecule has 1 amide bonds. The van der Waals surface area contributed by atoms with E-state index in [2.05, 4.69) is 70.5 Å². The largest absolute Gasteiger partial charge is 0.372 e. The highest BCUT2D eigenvalue weighted by atomic mass is 16.1. The van der Waals surface area contributed by atoms with E-state index in [4.69, 9.17) is 0 Å². The molecule has 0 bridgehead atoms. The molecule has 150 valence electrons. The topological polar surface area (TPSA) is 70.2 Å². The molecule has 0 radical (unpaired) electrons. The smallest absolute Gasteiger partial charge is 0.275 e. The number of carbonyl (C=O) groups excluding carboxylic acids is 1. The van der Waals surface area contributed by atoms with Crippen LogP contribution in [-0.2, 0) is 6.54 Å². The minimum atomic E-state index is -0.279. The van der Waals surface area contributed by atoms with Crippen LogP contribution in [0.3, 0.4) is 0 Å². The average Bonchev–Trinajstić information content (AvgIpc) is 2.76. The minimum Gasteiger partial charge on any atom is -0.372 e. The van der Waals surface area contributed by atoms with E-state index >= 15 is 0 Å². The standard InChI is InChI=1S/C23H27N5O/c1-4-28(5-2)20-12-10-19(11-13-20)27-23(29)21-15-26-22(16-24-21)25-14-18-8-6-17(3)7-9-18/h6-13,15-16H,4-5,14H2,1-3H3,(H,25,26)(H,27,29). The lowest BCUT2D eigenvalue weighted by molar-refractivity contribution is 0.102. The number of hydrogen-bond donors (Lipinski definition) is 2. The number of aryl methyl sites for hydroxylation is 1. The number of anilines is 3. The van der Waals surface area contributed by atoms with Gasteiger partial charge in [-0.25, -0.2) is 9.97 Å². The van der Waals surface area contributed by atoms with E-state index in [1.54, 1.807) is 6.20 Å². The molecule has 1 heterocycles. The van der Waals surface area contributed by atoms with E-state index in [-0.39, 0.29) is 11.6 Å². The molecular formula is C23H27N5O. The summed E-state index contributed by atoms with van der Waals surface area (Å²) in [6, 6.07) is 16.1. The number of amides is 1. The van der Waals surface area contributed by atoms with Crippen LogP contribution < -0.4 is 15.5 Å². The Morgan fingerprint density at radius 3 is 2.21 bits per heavy atom. The second-order valence-electron chi connectivity index (χ2n) is 6.80. The van der Waals surface area contributed by atoms with Gasteiger partial charge in [0.2, 0.25) is 0 Å². The summed E-state index contributed by atoms with van der Waals surface area (Å²) in [4.78, 5) is 23.2. The Morgan fingerprint density at radius 1 is 0.931 bits per heavy atom. The molecule has 0 atom stereocenters. The van der Waals surface area contributed by atoms with Crippen LogP contribution in [0.5, 0.6) is 0 Å². The Morgan fingerprint density at radius 2 is 1.62 bits per heavy atom. The van der Waals surface area contributed by atoms with Crippen molar-refractivity contribution in [1.82, 2.24) is 9.97 Å². The van der Waals surface area contributed by atoms with Gasteiger partial charge in [0, 0.05) is 31.0 Å². The summed E-state index contributed by atoms with van der Waals surface area (Å²) in [5.74, 6) is 0.351. The molecule has 0 aliphatic heterocycles. The van der Waals surface area contributed by atoms with Crippen LogP contribution in [0, 0.1) is 6.92 Å². The van der Waals surface area contributed by atoms with Gasteiger partial charge in [-0.15, -0.1) is 0 Å². The highest BCUT2D eigenvalue weighted by Crippen LogP contribution is 2.18. The first-order valence-electron chi connectivity index (χ1n) is 9.87. The Bertz CT molecular complexity index is 917. The number of nitrogens with one attached hydrogen (secondary N) is 2. The average molecular weight is 390 g/mol. The van der Waals surface area contributed by atoms with Gasteiger partial charge >= 0.3 is 0 Å². The number of hydrogen-bond acceptors (Lipinski definition) is 5. The molecule has 29 heavy (non-hydrogen) atoms. The van der Waals surface area contributed by atoms with Crippen LogP contribution in [-0.4, -0.2) is 29.0 Å². The van der Waals surface area contributed by atoms with Crippen molar-refractivity contribution >= 4 is 23.1 Å². The summed E-state index contributed by atoms with van der Waals surface area (Å²) in [5, 5.41) is 6.08. The molecule has 3 rings (SSSR count). The van der Waals surface area contributed by atoms with E-state index in [9.17, 15) is 4.79 Å². The monoisotopic (exact) mass is 389 g/mol. The third-order valence-corrected chi connectivity index (χ3v) is 4.73. The summed E-state index contributed by atoms with van der Waals surface area (Å²) < 4.78 is 0. The normalized spacial score (nSPS) is 10.4. The molecule has 6 heteroatoms. The van der Waals surface area contributed by atoms with Crippen LogP contribution >= 0.6 is 0 Å². The molecular weight excluding hydrogens is 362 g/mol. The summed E-state index contributed by atoms with van der Waals surface area (Å²) in [7, 11) is 0. The van der Waals surface area contributed by atoms with Crippen LogP contribution in [0.4, 0.5) is 17.2 Å². The second kappa shape index (κ2) is 9.68. The van der Waals surface area contributed by atoms with Crippen molar-refractivity contribution in [2.45, 2.75) is 27.3 Å². The van der Waals surface area contributed by atoms with E-state index in [1.807, 2.05) is 24.3 Å². The molecule has 0 saturated heterocycles. The van der Waals surface area contributed by atoms with Crippen molar-refractivity contribution in [3.63, 3.8) is 0 Å². The van der Waals surface area contributed by atoms with Crippen LogP contribution in [0.1, 0.15) is 35.5 Å². The van der Waals surface area contributed by atoms with Gasteiger partial charge in [0.25, 0.3) is 5.91 Å². The Balaban J connectivity index is 1.56. The second-order valence-corrected chi connectivity index (χ2v) is 6.80. The quantitative estimate of drug-likeness (QED) is 0.594. The number of rotatable bonds is 8. The molecule has 0 unspecified atom stereocenters. The number of aromatic nitrogens is 2. The number of carbonyl (C=O) groups is 1. The van der Waals surface area contributed by atoms with Gasteiger partial charge in [0.15, 0.2) is 0 Å². The lowest BCUT2D eigenvalue weighted by Crippen LogP contribution is -2.21. The fraction of sp³-hybridized carbons (Fsp3) is 0.261. The van der Waals surface area contributed by atoms with Crippen molar-refractivity contribution in [2.75, 3.05) is 28.6 Å². The lowest BCUT2D eigenvalue weighted by Gasteiger charge is -2.21. The third-order valence-electron chi connectivity index (χ3n) is 4.73. The van der Waals surface area contributed by atoms with Crippen LogP contribution in [0.15, 0.2) is 60.9 Å². The molecule has 2 aromatic carbocycles. The van der Waals surface area contributed by atoms with Crippen molar-refractivity contribution in [2.24, 2.45) is 0 Å². The maximum Gasteiger partial charge on any atom is 0.275 e. The first-order valence-corrected chi connectivity index (χ1v) is 9.87. The van der Waals surface area contributed by atoms with E-state index in [0.29, 0.717) is 12.4 Å². The molecule has 6 nitrogen and oxygen atoms in total. The highest BCUT2D eigenvalue weighted by Gasteiger charge is 2.09. The predicted octanol–water partition coefficient (Wildman–Crippen LogP) is 4.50. The summed E-state index contributed by atoms with van der Waals surface area (Å²) in [6.45, 7) is 8.85. The SMILES string of the molecule is CCN(CC)c1ccc(NC(=O)c2cnc(NCc3ccc(C)cc3)cn2)cc1. The molecule has 0 spiro atoms. The van der Waals surface area contributed by atoms with Crippen molar-refractivity contribution in [3.05, 3.63) is 77.7 Å². The highest BCUT2D eigenvalue weighted by molar-refractivity contribution is 6.02. The Labute approximate surface area is 172 Å².